The summed E-state index contributed by atoms with van der Waals surface area (Å²) in [5.74, 6) is -0.0680. The van der Waals surface area contributed by atoms with Crippen LogP contribution in [0.15, 0.2) is 23.1 Å². The van der Waals surface area contributed by atoms with Gasteiger partial charge in [-0.1, -0.05) is 24.4 Å². The Morgan fingerprint density at radius 3 is 2.43 bits per heavy atom. The molecular weight excluding hydrogens is 332 g/mol. The van der Waals surface area contributed by atoms with Crippen LogP contribution >= 0.6 is 12.2 Å². The van der Waals surface area contributed by atoms with Crippen LogP contribution in [0.5, 0.6) is 0 Å². The highest BCUT2D eigenvalue weighted by Crippen LogP contribution is 2.17. The van der Waals surface area contributed by atoms with E-state index < -0.39 is 19.9 Å². The normalized spacial score (nSPS) is 12.3. The van der Waals surface area contributed by atoms with Crippen molar-refractivity contribution in [2.45, 2.75) is 18.2 Å². The van der Waals surface area contributed by atoms with Crippen molar-refractivity contribution in [3.8, 4) is 0 Å². The van der Waals surface area contributed by atoms with Crippen LogP contribution in [0, 0.1) is 6.92 Å². The van der Waals surface area contributed by atoms with Gasteiger partial charge < -0.3 is 5.73 Å². The van der Waals surface area contributed by atoms with Crippen molar-refractivity contribution in [2.24, 2.45) is 5.73 Å². The molecule has 0 saturated carbocycles. The van der Waals surface area contributed by atoms with Gasteiger partial charge in [0.15, 0.2) is 0 Å². The highest BCUT2D eigenvalue weighted by atomic mass is 32.2. The SMILES string of the molecule is Cc1ccc(C(N)=S)cc1S(=O)(=O)NCCCS(C)(=O)=O. The zero-order chi connectivity index (χ0) is 16.3. The third-order valence-electron chi connectivity index (χ3n) is 2.75. The van der Waals surface area contributed by atoms with E-state index in [4.69, 9.17) is 18.0 Å². The maximum Gasteiger partial charge on any atom is 0.240 e. The summed E-state index contributed by atoms with van der Waals surface area (Å²) in [6, 6.07) is 4.69. The number of benzene rings is 1. The van der Waals surface area contributed by atoms with Gasteiger partial charge in [-0.05, 0) is 25.0 Å². The zero-order valence-corrected chi connectivity index (χ0v) is 14.2. The number of sulfone groups is 1. The molecule has 0 aliphatic heterocycles. The Kier molecular flexibility index (Phi) is 5.85. The number of nitrogens with two attached hydrogens (primary N) is 1. The van der Waals surface area contributed by atoms with Crippen LogP contribution in [0.2, 0.25) is 0 Å². The van der Waals surface area contributed by atoms with E-state index in [0.29, 0.717) is 11.1 Å². The molecule has 0 radical (unpaired) electrons. The van der Waals surface area contributed by atoms with Gasteiger partial charge in [0.25, 0.3) is 0 Å². The lowest BCUT2D eigenvalue weighted by Crippen LogP contribution is -2.27. The number of nitrogens with one attached hydrogen (secondary N) is 1. The van der Waals surface area contributed by atoms with Gasteiger partial charge in [-0.3, -0.25) is 0 Å². The summed E-state index contributed by atoms with van der Waals surface area (Å²) < 4.78 is 48.8. The molecule has 9 heteroatoms. The number of rotatable bonds is 7. The van der Waals surface area contributed by atoms with Crippen molar-refractivity contribution in [2.75, 3.05) is 18.6 Å². The fourth-order valence-corrected chi connectivity index (χ4v) is 3.80. The van der Waals surface area contributed by atoms with Crippen molar-refractivity contribution in [1.29, 1.82) is 0 Å². The Balaban J connectivity index is 2.88. The molecule has 0 atom stereocenters. The second kappa shape index (κ2) is 6.82. The molecule has 118 valence electrons. The van der Waals surface area contributed by atoms with E-state index in [-0.39, 0.29) is 28.6 Å². The lowest BCUT2D eigenvalue weighted by Gasteiger charge is -2.10. The quantitative estimate of drug-likeness (QED) is 0.543. The monoisotopic (exact) mass is 350 g/mol. The minimum Gasteiger partial charge on any atom is -0.389 e. The zero-order valence-electron chi connectivity index (χ0n) is 11.8. The Bertz CT molecular complexity index is 740. The summed E-state index contributed by atoms with van der Waals surface area (Å²) in [6.07, 6.45) is 1.32. The molecule has 0 bridgehead atoms. The van der Waals surface area contributed by atoms with E-state index in [1.807, 2.05) is 0 Å². The largest absolute Gasteiger partial charge is 0.389 e. The van der Waals surface area contributed by atoms with Crippen molar-refractivity contribution in [3.63, 3.8) is 0 Å². The van der Waals surface area contributed by atoms with Crippen molar-refractivity contribution in [3.05, 3.63) is 29.3 Å². The highest BCUT2D eigenvalue weighted by Gasteiger charge is 2.17. The van der Waals surface area contributed by atoms with Crippen molar-refractivity contribution >= 4 is 37.1 Å². The second-order valence-corrected chi connectivity index (χ2v) is 9.16. The fraction of sp³-hybridized carbons (Fsp3) is 0.417. The molecule has 0 aliphatic carbocycles. The van der Waals surface area contributed by atoms with Gasteiger partial charge in [-0.25, -0.2) is 21.6 Å². The molecular formula is C12H18N2O4S3. The first kappa shape index (κ1) is 18.0. The molecule has 21 heavy (non-hydrogen) atoms. The Morgan fingerprint density at radius 1 is 1.29 bits per heavy atom. The van der Waals surface area contributed by atoms with E-state index in [1.54, 1.807) is 19.1 Å². The smallest absolute Gasteiger partial charge is 0.240 e. The Labute approximate surface area is 130 Å². The molecule has 0 saturated heterocycles. The van der Waals surface area contributed by atoms with E-state index in [9.17, 15) is 16.8 Å². The van der Waals surface area contributed by atoms with Crippen LogP contribution in [0.4, 0.5) is 0 Å². The van der Waals surface area contributed by atoms with Gasteiger partial charge in [0.1, 0.15) is 14.8 Å². The van der Waals surface area contributed by atoms with Crippen LogP contribution in [-0.2, 0) is 19.9 Å². The van der Waals surface area contributed by atoms with Crippen LogP contribution < -0.4 is 10.5 Å². The van der Waals surface area contributed by atoms with E-state index in [0.717, 1.165) is 6.26 Å². The molecule has 1 rings (SSSR count). The van der Waals surface area contributed by atoms with Crippen molar-refractivity contribution < 1.29 is 16.8 Å². The van der Waals surface area contributed by atoms with Gasteiger partial charge >= 0.3 is 0 Å². The average molecular weight is 350 g/mol. The third kappa shape index (κ3) is 5.70. The standard InChI is InChI=1S/C12H18N2O4S3/c1-9-4-5-10(12(13)19)8-11(9)21(17,18)14-6-3-7-20(2,15)16/h4-5,8,14H,3,6-7H2,1-2H3,(H2,13,19). The van der Waals surface area contributed by atoms with Crippen molar-refractivity contribution in [1.82, 2.24) is 4.72 Å². The number of sulfonamides is 1. The lowest BCUT2D eigenvalue weighted by atomic mass is 10.1. The van der Waals surface area contributed by atoms with Crippen LogP contribution in [0.3, 0.4) is 0 Å². The summed E-state index contributed by atoms with van der Waals surface area (Å²) in [6.45, 7) is 1.71. The molecule has 0 fully saturated rings. The summed E-state index contributed by atoms with van der Waals surface area (Å²) in [7, 11) is -6.83. The third-order valence-corrected chi connectivity index (χ3v) is 5.62. The topological polar surface area (TPSA) is 106 Å². The van der Waals surface area contributed by atoms with E-state index in [2.05, 4.69) is 4.72 Å². The first-order valence-corrected chi connectivity index (χ1v) is 10.1. The van der Waals surface area contributed by atoms with E-state index in [1.165, 1.54) is 6.07 Å². The predicted molar refractivity (Wildman–Crippen MR) is 86.6 cm³/mol. The lowest BCUT2D eigenvalue weighted by molar-refractivity contribution is 0.577. The minimum atomic E-state index is -3.72. The molecule has 0 amide bonds. The molecule has 0 aliphatic rings. The first-order valence-electron chi connectivity index (χ1n) is 6.11. The molecule has 0 aromatic heterocycles. The van der Waals surface area contributed by atoms with Crippen LogP contribution in [0.1, 0.15) is 17.5 Å². The molecule has 3 N–H and O–H groups in total. The number of aryl methyl sites for hydroxylation is 1. The van der Waals surface area contributed by atoms with Gasteiger partial charge in [0.05, 0.1) is 10.6 Å². The summed E-state index contributed by atoms with van der Waals surface area (Å²) >= 11 is 4.83. The molecule has 6 nitrogen and oxygen atoms in total. The fourth-order valence-electron chi connectivity index (χ4n) is 1.66. The predicted octanol–water partition coefficient (Wildman–Crippen LogP) is 0.342. The van der Waals surface area contributed by atoms with Gasteiger partial charge in [-0.2, -0.15) is 0 Å². The van der Waals surface area contributed by atoms with Crippen LogP contribution in [0.25, 0.3) is 0 Å². The van der Waals surface area contributed by atoms with Crippen LogP contribution in [-0.4, -0.2) is 40.4 Å². The average Bonchev–Trinajstić information content (AvgIpc) is 2.33. The van der Waals surface area contributed by atoms with Gasteiger partial charge in [-0.15, -0.1) is 0 Å². The molecule has 1 aromatic rings. The first-order chi connectivity index (χ1) is 9.53. The highest BCUT2D eigenvalue weighted by molar-refractivity contribution is 7.90. The Hall–Kier alpha value is -1.03. The summed E-state index contributed by atoms with van der Waals surface area (Å²) in [4.78, 5) is 0.204. The molecule has 0 spiro atoms. The molecule has 0 heterocycles. The number of hydrogen-bond donors (Lipinski definition) is 2. The molecule has 0 unspecified atom stereocenters. The van der Waals surface area contributed by atoms with Gasteiger partial charge in [0.2, 0.25) is 10.0 Å². The number of thiocarbonyl (C=S) groups is 1. The molecule has 1 aromatic carbocycles. The number of hydrogen-bond acceptors (Lipinski definition) is 5. The second-order valence-electron chi connectivity index (χ2n) is 4.73. The van der Waals surface area contributed by atoms with Gasteiger partial charge in [0, 0.05) is 18.4 Å². The summed E-state index contributed by atoms with van der Waals surface area (Å²) in [5.41, 5.74) is 6.52. The van der Waals surface area contributed by atoms with E-state index >= 15 is 0 Å². The minimum absolute atomic E-state index is 0.0478. The maximum atomic E-state index is 12.2. The summed E-state index contributed by atoms with van der Waals surface area (Å²) in [5, 5.41) is 0. The Morgan fingerprint density at radius 2 is 1.90 bits per heavy atom. The maximum absolute atomic E-state index is 12.2.